The number of nitrogens with one attached hydrogen (secondary N) is 2. The van der Waals surface area contributed by atoms with Gasteiger partial charge < -0.3 is 5.32 Å². The Hall–Kier alpha value is -1.47. The fraction of sp³-hybridized carbons (Fsp3) is 0.250. The van der Waals surface area contributed by atoms with Crippen LogP contribution in [0.15, 0.2) is 24.3 Å². The fourth-order valence-corrected chi connectivity index (χ4v) is 2.77. The number of thiocarbonyl (C=S) groups is 1. The summed E-state index contributed by atoms with van der Waals surface area (Å²) in [6.07, 6.45) is 0.691. The number of hydrogen-bond donors (Lipinski definition) is 2. The SMILES string of the molecule is O=C(NC(=S)N[C@@H]1CCSC1=O)c1ccc(F)cc1. The van der Waals surface area contributed by atoms with E-state index >= 15 is 0 Å². The number of thioether (sulfide) groups is 1. The van der Waals surface area contributed by atoms with Gasteiger partial charge >= 0.3 is 0 Å². The van der Waals surface area contributed by atoms with Gasteiger partial charge in [0.25, 0.3) is 5.91 Å². The minimum Gasteiger partial charge on any atom is -0.352 e. The molecule has 7 heteroatoms. The second kappa shape index (κ2) is 6.12. The first-order valence-corrected chi connectivity index (χ1v) is 6.99. The Balaban J connectivity index is 1.90. The number of carbonyl (C=O) groups excluding carboxylic acids is 2. The van der Waals surface area contributed by atoms with Gasteiger partial charge in [0, 0.05) is 11.3 Å². The Kier molecular flexibility index (Phi) is 4.49. The molecule has 0 bridgehead atoms. The largest absolute Gasteiger partial charge is 0.352 e. The monoisotopic (exact) mass is 298 g/mol. The van der Waals surface area contributed by atoms with Crippen LogP contribution in [0.25, 0.3) is 0 Å². The van der Waals surface area contributed by atoms with Crippen molar-refractivity contribution < 1.29 is 14.0 Å². The Labute approximate surface area is 119 Å². The van der Waals surface area contributed by atoms with Crippen molar-refractivity contribution in [2.45, 2.75) is 12.5 Å². The van der Waals surface area contributed by atoms with Gasteiger partial charge in [-0.3, -0.25) is 14.9 Å². The van der Waals surface area contributed by atoms with Crippen LogP contribution in [0.3, 0.4) is 0 Å². The van der Waals surface area contributed by atoms with Crippen molar-refractivity contribution in [2.24, 2.45) is 0 Å². The third kappa shape index (κ3) is 3.74. The minimum atomic E-state index is -0.435. The van der Waals surface area contributed by atoms with Crippen LogP contribution < -0.4 is 10.6 Å². The van der Waals surface area contributed by atoms with Crippen LogP contribution in [0, 0.1) is 5.82 Å². The lowest BCUT2D eigenvalue weighted by molar-refractivity contribution is -0.111. The topological polar surface area (TPSA) is 58.2 Å². The number of benzene rings is 1. The molecule has 2 N–H and O–H groups in total. The quantitative estimate of drug-likeness (QED) is 0.810. The summed E-state index contributed by atoms with van der Waals surface area (Å²) in [7, 11) is 0. The predicted molar refractivity (Wildman–Crippen MR) is 75.5 cm³/mol. The zero-order valence-corrected chi connectivity index (χ0v) is 11.4. The zero-order chi connectivity index (χ0) is 13.8. The Bertz CT molecular complexity index is 519. The molecule has 1 atom stereocenters. The summed E-state index contributed by atoms with van der Waals surface area (Å²) in [6, 6.07) is 4.78. The average Bonchev–Trinajstić information content (AvgIpc) is 2.75. The Morgan fingerprint density at radius 3 is 2.63 bits per heavy atom. The first kappa shape index (κ1) is 14.0. The maximum atomic E-state index is 12.7. The summed E-state index contributed by atoms with van der Waals surface area (Å²) >= 11 is 6.22. The summed E-state index contributed by atoms with van der Waals surface area (Å²) in [5, 5.41) is 5.39. The van der Waals surface area contributed by atoms with E-state index in [0.717, 1.165) is 5.75 Å². The summed E-state index contributed by atoms with van der Waals surface area (Å²) < 4.78 is 12.7. The van der Waals surface area contributed by atoms with E-state index in [1.54, 1.807) is 0 Å². The molecule has 0 spiro atoms. The molecule has 1 aromatic rings. The van der Waals surface area contributed by atoms with E-state index in [1.165, 1.54) is 36.0 Å². The molecule has 1 heterocycles. The molecule has 0 aromatic heterocycles. The van der Waals surface area contributed by atoms with Gasteiger partial charge in [-0.15, -0.1) is 0 Å². The molecule has 100 valence electrons. The number of amides is 1. The molecule has 1 fully saturated rings. The number of hydrogen-bond acceptors (Lipinski definition) is 4. The molecule has 0 unspecified atom stereocenters. The van der Waals surface area contributed by atoms with Crippen LogP contribution in [-0.2, 0) is 4.79 Å². The van der Waals surface area contributed by atoms with E-state index < -0.39 is 11.7 Å². The van der Waals surface area contributed by atoms with Crippen LogP contribution in [0.5, 0.6) is 0 Å². The van der Waals surface area contributed by atoms with E-state index in [4.69, 9.17) is 12.2 Å². The molecule has 19 heavy (non-hydrogen) atoms. The maximum absolute atomic E-state index is 12.7. The summed E-state index contributed by atoms with van der Waals surface area (Å²) in [5.74, 6) is -0.0909. The summed E-state index contributed by atoms with van der Waals surface area (Å²) in [6.45, 7) is 0. The Morgan fingerprint density at radius 2 is 2.05 bits per heavy atom. The molecule has 1 saturated heterocycles. The van der Waals surface area contributed by atoms with Gasteiger partial charge in [-0.2, -0.15) is 0 Å². The van der Waals surface area contributed by atoms with Crippen molar-refractivity contribution in [1.82, 2.24) is 10.6 Å². The minimum absolute atomic E-state index is 0.0263. The highest BCUT2D eigenvalue weighted by Gasteiger charge is 2.26. The molecular formula is C12H11FN2O2S2. The van der Waals surface area contributed by atoms with Crippen molar-refractivity contribution in [3.05, 3.63) is 35.6 Å². The third-order valence-electron chi connectivity index (χ3n) is 2.57. The number of carbonyl (C=O) groups is 2. The lowest BCUT2D eigenvalue weighted by Gasteiger charge is -2.13. The molecule has 4 nitrogen and oxygen atoms in total. The number of rotatable bonds is 2. The van der Waals surface area contributed by atoms with Crippen LogP contribution in [0.2, 0.25) is 0 Å². The highest BCUT2D eigenvalue weighted by Crippen LogP contribution is 2.19. The van der Waals surface area contributed by atoms with Gasteiger partial charge in [0.15, 0.2) is 5.11 Å². The maximum Gasteiger partial charge on any atom is 0.257 e. The van der Waals surface area contributed by atoms with E-state index in [-0.39, 0.29) is 16.3 Å². The van der Waals surface area contributed by atoms with Gasteiger partial charge in [0.05, 0.1) is 6.04 Å². The van der Waals surface area contributed by atoms with E-state index in [1.807, 2.05) is 0 Å². The highest BCUT2D eigenvalue weighted by atomic mass is 32.2. The molecule has 1 aliphatic rings. The van der Waals surface area contributed by atoms with Gasteiger partial charge in [-0.25, -0.2) is 4.39 Å². The molecule has 0 saturated carbocycles. The van der Waals surface area contributed by atoms with E-state index in [2.05, 4.69) is 10.6 Å². The van der Waals surface area contributed by atoms with Gasteiger partial charge in [-0.1, -0.05) is 11.8 Å². The van der Waals surface area contributed by atoms with Crippen molar-refractivity contribution in [3.8, 4) is 0 Å². The number of halogens is 1. The lowest BCUT2D eigenvalue weighted by atomic mass is 10.2. The second-order valence-electron chi connectivity index (χ2n) is 3.94. The van der Waals surface area contributed by atoms with Crippen molar-refractivity contribution in [3.63, 3.8) is 0 Å². The van der Waals surface area contributed by atoms with Crippen molar-refractivity contribution >= 4 is 40.1 Å². The standard InChI is InChI=1S/C12H11FN2O2S2/c13-8-3-1-7(2-4-8)10(16)15-12(18)14-9-5-6-19-11(9)17/h1-4,9H,5-6H2,(H2,14,15,16,18)/t9-/m1/s1. The predicted octanol–water partition coefficient (Wildman–Crippen LogP) is 1.46. The van der Waals surface area contributed by atoms with Crippen LogP contribution in [0.1, 0.15) is 16.8 Å². The van der Waals surface area contributed by atoms with Gasteiger partial charge in [0.2, 0.25) is 5.12 Å². The molecular weight excluding hydrogens is 287 g/mol. The fourth-order valence-electron chi connectivity index (χ4n) is 1.60. The van der Waals surface area contributed by atoms with E-state index in [0.29, 0.717) is 12.0 Å². The first-order valence-electron chi connectivity index (χ1n) is 5.60. The zero-order valence-electron chi connectivity index (χ0n) is 9.81. The molecule has 1 amide bonds. The van der Waals surface area contributed by atoms with Crippen molar-refractivity contribution in [1.29, 1.82) is 0 Å². The van der Waals surface area contributed by atoms with Crippen LogP contribution in [0.4, 0.5) is 4.39 Å². The van der Waals surface area contributed by atoms with Gasteiger partial charge in [-0.05, 0) is 42.9 Å². The summed E-state index contributed by atoms with van der Waals surface area (Å²) in [4.78, 5) is 23.2. The summed E-state index contributed by atoms with van der Waals surface area (Å²) in [5.41, 5.74) is 0.303. The Morgan fingerprint density at radius 1 is 1.37 bits per heavy atom. The molecule has 0 aliphatic carbocycles. The second-order valence-corrected chi connectivity index (χ2v) is 5.45. The molecule has 1 aromatic carbocycles. The van der Waals surface area contributed by atoms with Crippen molar-refractivity contribution in [2.75, 3.05) is 5.75 Å². The van der Waals surface area contributed by atoms with Gasteiger partial charge in [0.1, 0.15) is 5.82 Å². The average molecular weight is 298 g/mol. The molecule has 0 radical (unpaired) electrons. The highest BCUT2D eigenvalue weighted by molar-refractivity contribution is 8.14. The first-order chi connectivity index (χ1) is 9.06. The normalized spacial score (nSPS) is 18.2. The van der Waals surface area contributed by atoms with E-state index in [9.17, 15) is 14.0 Å². The van der Waals surface area contributed by atoms with Crippen LogP contribution >= 0.6 is 24.0 Å². The van der Waals surface area contributed by atoms with Crippen LogP contribution in [-0.4, -0.2) is 27.9 Å². The smallest absolute Gasteiger partial charge is 0.257 e. The third-order valence-corrected chi connectivity index (χ3v) is 3.80. The molecule has 1 aliphatic heterocycles. The molecule has 2 rings (SSSR count). The lowest BCUT2D eigenvalue weighted by Crippen LogP contribution is -2.45.